The first kappa shape index (κ1) is 19.4. The van der Waals surface area contributed by atoms with Crippen LogP contribution in [0.2, 0.25) is 0 Å². The molecule has 4 rings (SSSR count). The second-order valence-corrected chi connectivity index (χ2v) is 9.26. The van der Waals surface area contributed by atoms with Crippen LogP contribution in [-0.4, -0.2) is 11.8 Å². The first-order valence-corrected chi connectivity index (χ1v) is 11.3. The van der Waals surface area contributed by atoms with Crippen LogP contribution in [0.15, 0.2) is 52.6 Å². The summed E-state index contributed by atoms with van der Waals surface area (Å²) in [5.74, 6) is 2.29. The number of nitrogens with zero attached hydrogens (tertiary/aromatic N) is 1. The summed E-state index contributed by atoms with van der Waals surface area (Å²) >= 11 is 0. The van der Waals surface area contributed by atoms with Crippen LogP contribution in [-0.2, 0) is 0 Å². The van der Waals surface area contributed by atoms with Gasteiger partial charge in [-0.05, 0) is 83.6 Å². The third kappa shape index (κ3) is 4.09. The molecule has 0 bridgehead atoms. The van der Waals surface area contributed by atoms with Crippen molar-refractivity contribution in [3.8, 4) is 0 Å². The number of fused-ring (bicyclic) bond motifs is 1. The Morgan fingerprint density at radius 1 is 1.11 bits per heavy atom. The predicted molar refractivity (Wildman–Crippen MR) is 122 cm³/mol. The first-order valence-electron chi connectivity index (χ1n) is 11.3. The molecule has 1 heteroatoms. The molecule has 0 amide bonds. The van der Waals surface area contributed by atoms with Crippen LogP contribution >= 0.6 is 0 Å². The number of rotatable bonds is 5. The van der Waals surface area contributed by atoms with Crippen molar-refractivity contribution in [2.75, 3.05) is 0 Å². The number of aliphatic imine (C=N–C) groups is 1. The molecule has 28 heavy (non-hydrogen) atoms. The van der Waals surface area contributed by atoms with Crippen LogP contribution in [0.3, 0.4) is 0 Å². The molecular formula is C27H35N. The molecule has 1 heterocycles. The van der Waals surface area contributed by atoms with Gasteiger partial charge in [0.25, 0.3) is 0 Å². The highest BCUT2D eigenvalue weighted by atomic mass is 14.8. The normalized spacial score (nSPS) is 27.5. The molecule has 1 saturated carbocycles. The lowest BCUT2D eigenvalue weighted by Gasteiger charge is -2.29. The minimum Gasteiger partial charge on any atom is -0.282 e. The Morgan fingerprint density at radius 2 is 1.86 bits per heavy atom. The molecule has 0 radical (unpaired) electrons. The number of allylic oxidation sites excluding steroid dienone is 2. The maximum Gasteiger partial charge on any atom is 0.0783 e. The van der Waals surface area contributed by atoms with E-state index >= 15 is 0 Å². The third-order valence-electron chi connectivity index (χ3n) is 7.00. The molecule has 0 N–H and O–H groups in total. The van der Waals surface area contributed by atoms with Gasteiger partial charge in [-0.1, -0.05) is 70.0 Å². The summed E-state index contributed by atoms with van der Waals surface area (Å²) in [7, 11) is 0. The lowest BCUT2D eigenvalue weighted by Crippen LogP contribution is -2.27. The Hall–Kier alpha value is -1.89. The second-order valence-electron chi connectivity index (χ2n) is 9.26. The van der Waals surface area contributed by atoms with E-state index in [1.807, 2.05) is 0 Å². The number of dihydropyridines is 1. The molecule has 1 aromatic carbocycles. The maximum absolute atomic E-state index is 5.17. The van der Waals surface area contributed by atoms with Gasteiger partial charge >= 0.3 is 0 Å². The highest BCUT2D eigenvalue weighted by molar-refractivity contribution is 5.95. The molecule has 0 saturated heterocycles. The van der Waals surface area contributed by atoms with Gasteiger partial charge < -0.3 is 0 Å². The van der Waals surface area contributed by atoms with E-state index in [0.717, 1.165) is 17.1 Å². The molecule has 3 atom stereocenters. The maximum atomic E-state index is 5.17. The van der Waals surface area contributed by atoms with E-state index in [4.69, 9.17) is 4.99 Å². The summed E-state index contributed by atoms with van der Waals surface area (Å²) in [5.41, 5.74) is 5.85. The van der Waals surface area contributed by atoms with E-state index in [9.17, 15) is 0 Å². The number of unbranched alkanes of at least 4 members (excludes halogenated alkanes) is 1. The smallest absolute Gasteiger partial charge is 0.0783 e. The zero-order valence-electron chi connectivity index (χ0n) is 17.9. The number of benzene rings is 1. The quantitative estimate of drug-likeness (QED) is 0.638. The van der Waals surface area contributed by atoms with Crippen LogP contribution in [0.5, 0.6) is 0 Å². The summed E-state index contributed by atoms with van der Waals surface area (Å²) in [6.07, 6.45) is 13.7. The fraction of sp³-hybridized carbons (Fsp3) is 0.519. The van der Waals surface area contributed by atoms with Gasteiger partial charge in [0.15, 0.2) is 0 Å². The molecule has 3 aliphatic rings. The summed E-state index contributed by atoms with van der Waals surface area (Å²) in [6, 6.07) is 9.27. The van der Waals surface area contributed by atoms with Gasteiger partial charge in [-0.25, -0.2) is 0 Å². The first-order chi connectivity index (χ1) is 13.6. The molecule has 1 aromatic rings. The van der Waals surface area contributed by atoms with Crippen molar-refractivity contribution < 1.29 is 0 Å². The van der Waals surface area contributed by atoms with E-state index < -0.39 is 0 Å². The minimum absolute atomic E-state index is 0.338. The molecule has 3 unspecified atom stereocenters. The van der Waals surface area contributed by atoms with Gasteiger partial charge in [-0.15, -0.1) is 0 Å². The average molecular weight is 374 g/mol. The summed E-state index contributed by atoms with van der Waals surface area (Å²) in [5, 5.41) is 2.50. The van der Waals surface area contributed by atoms with Crippen LogP contribution in [0.25, 0.3) is 12.2 Å². The fourth-order valence-electron chi connectivity index (χ4n) is 5.05. The molecule has 0 spiro atoms. The van der Waals surface area contributed by atoms with Gasteiger partial charge in [-0.2, -0.15) is 0 Å². The number of hydrogen-bond acceptors (Lipinski definition) is 1. The van der Waals surface area contributed by atoms with Crippen molar-refractivity contribution in [3.05, 3.63) is 58.0 Å². The fourth-order valence-corrected chi connectivity index (χ4v) is 5.05. The Labute approximate surface area is 170 Å². The van der Waals surface area contributed by atoms with Crippen molar-refractivity contribution in [2.45, 2.75) is 71.8 Å². The molecule has 0 aromatic heterocycles. The van der Waals surface area contributed by atoms with E-state index in [1.54, 1.807) is 11.1 Å². The zero-order chi connectivity index (χ0) is 19.7. The van der Waals surface area contributed by atoms with Crippen LogP contribution in [0.1, 0.15) is 65.7 Å². The molecule has 1 aliphatic heterocycles. The zero-order valence-corrected chi connectivity index (χ0v) is 17.9. The van der Waals surface area contributed by atoms with Crippen molar-refractivity contribution >= 4 is 17.9 Å². The SMILES string of the molecule is C=c1ccc(=C2CC(CC3CC3)C(C)C3N=C(C)C=CC3=C2CCCC)cc1. The van der Waals surface area contributed by atoms with Gasteiger partial charge in [0.1, 0.15) is 0 Å². The largest absolute Gasteiger partial charge is 0.282 e. The lowest BCUT2D eigenvalue weighted by molar-refractivity contribution is 0.305. The molecule has 2 aliphatic carbocycles. The molecule has 1 nitrogen and oxygen atoms in total. The van der Waals surface area contributed by atoms with E-state index in [-0.39, 0.29) is 0 Å². The number of hydrogen-bond donors (Lipinski definition) is 0. The standard InChI is InChI=1S/C27H35N/c1-5-6-7-24-25-15-10-19(3)28-27(25)20(4)23(16-21-11-12-21)17-26(24)22-13-8-18(2)9-14-22/h8-10,13-15,20-21,23,27H,2,5-7,11-12,16-17H2,1,3-4H3. The summed E-state index contributed by atoms with van der Waals surface area (Å²) in [6.45, 7) is 11.0. The highest BCUT2D eigenvalue weighted by Gasteiger charge is 2.37. The van der Waals surface area contributed by atoms with Crippen LogP contribution in [0.4, 0.5) is 0 Å². The minimum atomic E-state index is 0.338. The van der Waals surface area contributed by atoms with Crippen molar-refractivity contribution in [1.82, 2.24) is 0 Å². The monoisotopic (exact) mass is 373 g/mol. The van der Waals surface area contributed by atoms with Gasteiger partial charge in [0.2, 0.25) is 0 Å². The van der Waals surface area contributed by atoms with E-state index in [1.165, 1.54) is 61.4 Å². The molecular weight excluding hydrogens is 338 g/mol. The Kier molecular flexibility index (Phi) is 5.71. The van der Waals surface area contributed by atoms with Crippen LogP contribution in [0, 0.1) is 17.8 Å². The average Bonchev–Trinajstić information content (AvgIpc) is 3.51. The Balaban J connectivity index is 1.88. The molecule has 1 fully saturated rings. The van der Waals surface area contributed by atoms with Gasteiger partial charge in [-0.3, -0.25) is 4.99 Å². The van der Waals surface area contributed by atoms with Crippen molar-refractivity contribution in [1.29, 1.82) is 0 Å². The summed E-state index contributed by atoms with van der Waals surface area (Å²) in [4.78, 5) is 5.17. The predicted octanol–water partition coefficient (Wildman–Crippen LogP) is 5.59. The van der Waals surface area contributed by atoms with Gasteiger partial charge in [0.05, 0.1) is 6.04 Å². The lowest BCUT2D eigenvalue weighted by atomic mass is 9.80. The molecule has 148 valence electrons. The summed E-state index contributed by atoms with van der Waals surface area (Å²) < 4.78 is 0. The van der Waals surface area contributed by atoms with Gasteiger partial charge in [0, 0.05) is 5.71 Å². The van der Waals surface area contributed by atoms with Crippen LogP contribution < -0.4 is 10.4 Å². The Morgan fingerprint density at radius 3 is 2.54 bits per heavy atom. The topological polar surface area (TPSA) is 12.4 Å². The van der Waals surface area contributed by atoms with Crippen molar-refractivity contribution in [3.63, 3.8) is 0 Å². The Bertz CT molecular complexity index is 902. The van der Waals surface area contributed by atoms with E-state index in [2.05, 4.69) is 63.8 Å². The second kappa shape index (κ2) is 8.23. The third-order valence-corrected chi connectivity index (χ3v) is 7.00. The highest BCUT2D eigenvalue weighted by Crippen LogP contribution is 2.46. The van der Waals surface area contributed by atoms with E-state index in [0.29, 0.717) is 12.0 Å². The van der Waals surface area contributed by atoms with Crippen molar-refractivity contribution in [2.24, 2.45) is 22.7 Å².